The molecule has 0 aliphatic carbocycles. The topological polar surface area (TPSA) is 90.2 Å². The lowest BCUT2D eigenvalue weighted by atomic mass is 10.3. The summed E-state index contributed by atoms with van der Waals surface area (Å²) >= 11 is 0. The zero-order valence-corrected chi connectivity index (χ0v) is 12.4. The molecule has 0 unspecified atom stereocenters. The van der Waals surface area contributed by atoms with Gasteiger partial charge in [-0.3, -0.25) is 0 Å². The molecule has 1 amide bonds. The first-order valence-corrected chi connectivity index (χ1v) is 8.23. The second kappa shape index (κ2) is 7.67. The van der Waals surface area contributed by atoms with E-state index in [1.54, 1.807) is 0 Å². The van der Waals surface area contributed by atoms with Crippen LogP contribution in [0, 0.1) is 23.3 Å². The van der Waals surface area contributed by atoms with Crippen molar-refractivity contribution in [2.75, 3.05) is 6.54 Å². The molecule has 6 nitrogen and oxygen atoms in total. The first-order valence-electron chi connectivity index (χ1n) is 6.18. The number of unbranched alkanes of at least 4 members (excludes halogenated alkanes) is 1. The summed E-state index contributed by atoms with van der Waals surface area (Å²) in [5, 5.41) is -0.562. The fraction of sp³-hybridized carbons (Fsp3) is 0.364. The van der Waals surface area contributed by atoms with Crippen molar-refractivity contribution in [1.82, 2.24) is 5.12 Å². The fourth-order valence-electron chi connectivity index (χ4n) is 1.47. The minimum atomic E-state index is -4.27. The Kier molecular flexibility index (Phi) is 6.43. The Hall–Kier alpha value is -1.76. The molecule has 12 heteroatoms. The number of nitrogens with zero attached hydrogens (tertiary/aromatic N) is 1. The Bertz CT molecular complexity index is 583. The highest BCUT2D eigenvalue weighted by atomic mass is 28.4. The van der Waals surface area contributed by atoms with Gasteiger partial charge in [0, 0.05) is 12.1 Å². The molecule has 1 aromatic rings. The van der Waals surface area contributed by atoms with Gasteiger partial charge in [0.05, 0.1) is 6.54 Å². The summed E-state index contributed by atoms with van der Waals surface area (Å²) < 4.78 is 69.1. The lowest BCUT2D eigenvalue weighted by Gasteiger charge is -2.13. The van der Waals surface area contributed by atoms with E-state index in [2.05, 4.69) is 4.74 Å². The summed E-state index contributed by atoms with van der Waals surface area (Å²) in [5.41, 5.74) is 0. The van der Waals surface area contributed by atoms with Crippen LogP contribution in [-0.4, -0.2) is 41.0 Å². The van der Waals surface area contributed by atoms with Gasteiger partial charge in [-0.15, -0.1) is 5.12 Å². The summed E-state index contributed by atoms with van der Waals surface area (Å²) in [6.07, 6.45) is -1.97. The number of benzene rings is 1. The average molecular weight is 361 g/mol. The van der Waals surface area contributed by atoms with E-state index in [-0.39, 0.29) is 25.0 Å². The van der Waals surface area contributed by atoms with Crippen molar-refractivity contribution in [3.8, 4) is 5.75 Å². The number of carbonyl (C=O) groups is 1. The van der Waals surface area contributed by atoms with Crippen LogP contribution in [0.2, 0.25) is 6.04 Å². The van der Waals surface area contributed by atoms with Crippen LogP contribution in [0.15, 0.2) is 6.07 Å². The predicted octanol–water partition coefficient (Wildman–Crippen LogP) is 1.62. The smallest absolute Gasteiger partial charge is 0.405 e. The van der Waals surface area contributed by atoms with Gasteiger partial charge in [0.15, 0.2) is 17.4 Å². The molecule has 130 valence electrons. The third kappa shape index (κ3) is 5.74. The molecule has 0 atom stereocenters. The second-order valence-corrected chi connectivity index (χ2v) is 6.53. The quantitative estimate of drug-likeness (QED) is 0.179. The highest BCUT2D eigenvalue weighted by Crippen LogP contribution is 2.25. The van der Waals surface area contributed by atoms with E-state index < -0.39 is 55.6 Å². The molecule has 0 radical (unpaired) electrons. The second-order valence-electron chi connectivity index (χ2n) is 4.48. The van der Waals surface area contributed by atoms with Crippen LogP contribution in [0.5, 0.6) is 5.75 Å². The molecule has 0 spiro atoms. The van der Waals surface area contributed by atoms with Gasteiger partial charge in [-0.2, -0.15) is 4.39 Å². The van der Waals surface area contributed by atoms with E-state index in [1.807, 2.05) is 0 Å². The molecular weight excluding hydrogens is 349 g/mol. The molecule has 0 bridgehead atoms. The van der Waals surface area contributed by atoms with Crippen LogP contribution in [0.1, 0.15) is 12.8 Å². The third-order valence-corrected chi connectivity index (χ3v) is 3.61. The van der Waals surface area contributed by atoms with Crippen LogP contribution in [0.3, 0.4) is 0 Å². The minimum absolute atomic E-state index is 0.0441. The summed E-state index contributed by atoms with van der Waals surface area (Å²) in [6, 6.07) is -0.346. The SMILES string of the molecule is O=C(Oc1cc(F)c(F)c(F)c1F)N(F)CCCC[Si](O)(O)O. The normalized spacial score (nSPS) is 11.5. The fourth-order valence-corrected chi connectivity index (χ4v) is 2.20. The van der Waals surface area contributed by atoms with Crippen LogP contribution < -0.4 is 4.74 Å². The summed E-state index contributed by atoms with van der Waals surface area (Å²) in [5.74, 6) is -9.48. The molecular formula is C11H12F5NO5Si. The molecule has 0 aliphatic rings. The lowest BCUT2D eigenvalue weighted by molar-refractivity contribution is 0.0348. The maximum absolute atomic E-state index is 13.3. The first-order chi connectivity index (χ1) is 10.5. The standard InChI is InChI=1S/C11H12F5NO5Si/c12-6-5-7(9(14)10(15)8(6)13)22-11(18)17(16)3-1-2-4-23(19,20)21/h5,19-21H,1-4H2. The molecule has 0 fully saturated rings. The van der Waals surface area contributed by atoms with Gasteiger partial charge >= 0.3 is 14.9 Å². The van der Waals surface area contributed by atoms with Gasteiger partial charge in [0.1, 0.15) is 0 Å². The molecule has 0 saturated heterocycles. The number of carbonyl (C=O) groups excluding carboxylic acids is 1. The van der Waals surface area contributed by atoms with Crippen LogP contribution in [0.4, 0.5) is 26.8 Å². The molecule has 0 heterocycles. The van der Waals surface area contributed by atoms with Crippen LogP contribution >= 0.6 is 0 Å². The van der Waals surface area contributed by atoms with E-state index in [1.165, 1.54) is 0 Å². The number of rotatable bonds is 6. The van der Waals surface area contributed by atoms with Crippen molar-refractivity contribution in [1.29, 1.82) is 0 Å². The number of halogens is 5. The Balaban J connectivity index is 2.59. The van der Waals surface area contributed by atoms with Crippen LogP contribution in [0.25, 0.3) is 0 Å². The average Bonchev–Trinajstić information content (AvgIpc) is 2.45. The van der Waals surface area contributed by atoms with Gasteiger partial charge in [-0.1, -0.05) is 4.48 Å². The first kappa shape index (κ1) is 19.3. The van der Waals surface area contributed by atoms with Crippen molar-refractivity contribution in [2.24, 2.45) is 0 Å². The van der Waals surface area contributed by atoms with E-state index in [4.69, 9.17) is 14.4 Å². The van der Waals surface area contributed by atoms with E-state index in [9.17, 15) is 26.8 Å². The highest BCUT2D eigenvalue weighted by molar-refractivity contribution is 6.56. The summed E-state index contributed by atoms with van der Waals surface area (Å²) in [4.78, 5) is 37.3. The number of hydrogen-bond donors (Lipinski definition) is 3. The predicted molar refractivity (Wildman–Crippen MR) is 66.6 cm³/mol. The van der Waals surface area contributed by atoms with Crippen molar-refractivity contribution in [3.05, 3.63) is 29.3 Å². The van der Waals surface area contributed by atoms with Crippen molar-refractivity contribution >= 4 is 14.9 Å². The minimum Gasteiger partial charge on any atom is -0.405 e. The van der Waals surface area contributed by atoms with E-state index in [0.717, 1.165) is 0 Å². The number of amides is 1. The lowest BCUT2D eigenvalue weighted by Crippen LogP contribution is -2.34. The number of hydrogen-bond acceptors (Lipinski definition) is 5. The van der Waals surface area contributed by atoms with E-state index in [0.29, 0.717) is 0 Å². The molecule has 1 aromatic carbocycles. The van der Waals surface area contributed by atoms with Crippen molar-refractivity contribution in [3.63, 3.8) is 0 Å². The maximum Gasteiger partial charge on any atom is 0.492 e. The van der Waals surface area contributed by atoms with Gasteiger partial charge in [-0.25, -0.2) is 18.0 Å². The zero-order valence-electron chi connectivity index (χ0n) is 11.4. The van der Waals surface area contributed by atoms with Gasteiger partial charge in [0.2, 0.25) is 11.6 Å². The highest BCUT2D eigenvalue weighted by Gasteiger charge is 2.27. The van der Waals surface area contributed by atoms with Crippen LogP contribution in [-0.2, 0) is 0 Å². The van der Waals surface area contributed by atoms with Gasteiger partial charge < -0.3 is 19.1 Å². The Morgan fingerprint density at radius 2 is 1.70 bits per heavy atom. The summed E-state index contributed by atoms with van der Waals surface area (Å²) in [7, 11) is -4.27. The van der Waals surface area contributed by atoms with Crippen molar-refractivity contribution in [2.45, 2.75) is 18.9 Å². The van der Waals surface area contributed by atoms with Gasteiger partial charge in [-0.05, 0) is 12.8 Å². The molecule has 0 saturated carbocycles. The Morgan fingerprint density at radius 1 is 1.09 bits per heavy atom. The monoisotopic (exact) mass is 361 g/mol. The Morgan fingerprint density at radius 3 is 2.26 bits per heavy atom. The largest absolute Gasteiger partial charge is 0.492 e. The molecule has 1 rings (SSSR count). The number of ether oxygens (including phenoxy) is 1. The summed E-state index contributed by atoms with van der Waals surface area (Å²) in [6.45, 7) is -0.628. The molecule has 23 heavy (non-hydrogen) atoms. The Labute approximate surface area is 127 Å². The molecule has 3 N–H and O–H groups in total. The molecule has 0 aliphatic heterocycles. The maximum atomic E-state index is 13.3. The third-order valence-electron chi connectivity index (χ3n) is 2.58. The van der Waals surface area contributed by atoms with Crippen molar-refractivity contribution < 1.29 is 46.0 Å². The molecule has 0 aromatic heterocycles. The zero-order chi connectivity index (χ0) is 17.8. The van der Waals surface area contributed by atoms with Gasteiger partial charge in [0.25, 0.3) is 0 Å². The van der Waals surface area contributed by atoms with E-state index >= 15 is 0 Å².